The first-order valence-electron chi connectivity index (χ1n) is 6.39. The zero-order chi connectivity index (χ0) is 15.0. The largest absolute Gasteiger partial charge is 0.480 e. The lowest BCUT2D eigenvalue weighted by atomic mass is 10.2. The van der Waals surface area contributed by atoms with E-state index in [2.05, 4.69) is 9.97 Å². The van der Waals surface area contributed by atoms with Crippen LogP contribution in [0.1, 0.15) is 13.0 Å². The summed E-state index contributed by atoms with van der Waals surface area (Å²) in [6.45, 7) is 1.61. The van der Waals surface area contributed by atoms with Crippen molar-refractivity contribution in [1.29, 1.82) is 0 Å². The fraction of sp³-hybridized carbons (Fsp3) is 0.133. The van der Waals surface area contributed by atoms with Crippen LogP contribution >= 0.6 is 11.6 Å². The first-order chi connectivity index (χ1) is 10.1. The predicted molar refractivity (Wildman–Crippen MR) is 80.3 cm³/mol. The van der Waals surface area contributed by atoms with Gasteiger partial charge in [-0.1, -0.05) is 11.6 Å². The molecule has 3 aromatic rings. The van der Waals surface area contributed by atoms with Gasteiger partial charge in [-0.05, 0) is 43.3 Å². The molecule has 0 aliphatic carbocycles. The van der Waals surface area contributed by atoms with Gasteiger partial charge in [0.15, 0.2) is 5.65 Å². The van der Waals surface area contributed by atoms with Crippen LogP contribution in [0.3, 0.4) is 0 Å². The average Bonchev–Trinajstić information content (AvgIpc) is 2.86. The van der Waals surface area contributed by atoms with Gasteiger partial charge in [0.05, 0.1) is 0 Å². The first kappa shape index (κ1) is 13.6. The maximum absolute atomic E-state index is 11.4. The van der Waals surface area contributed by atoms with Gasteiger partial charge in [0.2, 0.25) is 0 Å². The van der Waals surface area contributed by atoms with Crippen molar-refractivity contribution in [3.63, 3.8) is 0 Å². The molecule has 0 spiro atoms. The summed E-state index contributed by atoms with van der Waals surface area (Å²) in [5.41, 5.74) is 2.01. The van der Waals surface area contributed by atoms with Crippen molar-refractivity contribution < 1.29 is 9.90 Å². The number of benzene rings is 1. The maximum Gasteiger partial charge on any atom is 0.326 e. The highest BCUT2D eigenvalue weighted by Crippen LogP contribution is 2.28. The van der Waals surface area contributed by atoms with Gasteiger partial charge in [-0.3, -0.25) is 4.57 Å². The van der Waals surface area contributed by atoms with E-state index in [1.165, 1.54) is 0 Å². The fourth-order valence-corrected chi connectivity index (χ4v) is 2.34. The number of rotatable bonds is 3. The lowest BCUT2D eigenvalue weighted by Gasteiger charge is -2.13. The minimum Gasteiger partial charge on any atom is -0.480 e. The van der Waals surface area contributed by atoms with Crippen LogP contribution < -0.4 is 0 Å². The number of nitrogens with zero attached hydrogens (tertiary/aromatic N) is 3. The van der Waals surface area contributed by atoms with Crippen LogP contribution in [0.25, 0.3) is 22.6 Å². The lowest BCUT2D eigenvalue weighted by Crippen LogP contribution is -2.17. The van der Waals surface area contributed by atoms with E-state index in [1.807, 2.05) is 18.2 Å². The molecule has 2 heterocycles. The number of aromatic nitrogens is 3. The number of carboxylic acid groups (broad SMARTS) is 1. The van der Waals surface area contributed by atoms with Crippen molar-refractivity contribution >= 4 is 28.7 Å². The number of carboxylic acids is 1. The van der Waals surface area contributed by atoms with E-state index in [0.29, 0.717) is 22.0 Å². The van der Waals surface area contributed by atoms with E-state index < -0.39 is 12.0 Å². The van der Waals surface area contributed by atoms with Crippen LogP contribution in [0.5, 0.6) is 0 Å². The molecule has 106 valence electrons. The number of hydrogen-bond acceptors (Lipinski definition) is 3. The number of pyridine rings is 1. The van der Waals surface area contributed by atoms with Crippen molar-refractivity contribution in [1.82, 2.24) is 14.5 Å². The molecule has 0 radical (unpaired) electrons. The topological polar surface area (TPSA) is 68.0 Å². The van der Waals surface area contributed by atoms with E-state index in [-0.39, 0.29) is 0 Å². The van der Waals surface area contributed by atoms with E-state index >= 15 is 0 Å². The van der Waals surface area contributed by atoms with Gasteiger partial charge in [0, 0.05) is 16.8 Å². The van der Waals surface area contributed by atoms with Crippen LogP contribution in [0, 0.1) is 0 Å². The Balaban J connectivity index is 2.28. The first-order valence-corrected chi connectivity index (χ1v) is 6.77. The third-order valence-corrected chi connectivity index (χ3v) is 3.55. The number of carbonyl (C=O) groups is 1. The highest BCUT2D eigenvalue weighted by Gasteiger charge is 2.22. The Hall–Kier alpha value is -2.40. The minimum absolute atomic E-state index is 0.553. The van der Waals surface area contributed by atoms with E-state index in [1.54, 1.807) is 35.9 Å². The molecular formula is C15H12ClN3O2. The molecule has 1 atom stereocenters. The Labute approximate surface area is 125 Å². The molecule has 0 aliphatic heterocycles. The standard InChI is InChI=1S/C15H12ClN3O2/c1-9(15(20)21)19-13(10-4-6-11(16)7-5-10)18-12-3-2-8-17-14(12)19/h2-9H,1H3,(H,20,21)/t9-/m0/s1. The van der Waals surface area contributed by atoms with Crippen LogP contribution in [0.15, 0.2) is 42.6 Å². The van der Waals surface area contributed by atoms with Gasteiger partial charge in [0.1, 0.15) is 17.4 Å². The molecule has 6 heteroatoms. The Kier molecular flexibility index (Phi) is 3.35. The summed E-state index contributed by atoms with van der Waals surface area (Å²) < 4.78 is 1.63. The highest BCUT2D eigenvalue weighted by molar-refractivity contribution is 6.30. The number of aliphatic carboxylic acids is 1. The SMILES string of the molecule is C[C@@H](C(=O)O)n1c(-c2ccc(Cl)cc2)nc2cccnc21. The highest BCUT2D eigenvalue weighted by atomic mass is 35.5. The summed E-state index contributed by atoms with van der Waals surface area (Å²) in [4.78, 5) is 20.2. The second-order valence-corrected chi connectivity index (χ2v) is 5.11. The molecule has 0 bridgehead atoms. The number of halogens is 1. The van der Waals surface area contributed by atoms with Gasteiger partial charge in [0.25, 0.3) is 0 Å². The van der Waals surface area contributed by atoms with Crippen molar-refractivity contribution in [2.24, 2.45) is 0 Å². The predicted octanol–water partition coefficient (Wildman–Crippen LogP) is 3.40. The molecule has 0 unspecified atom stereocenters. The molecular weight excluding hydrogens is 290 g/mol. The molecule has 0 saturated carbocycles. The van der Waals surface area contributed by atoms with Crippen LogP contribution in [0.4, 0.5) is 0 Å². The third-order valence-electron chi connectivity index (χ3n) is 3.30. The van der Waals surface area contributed by atoms with Crippen LogP contribution in [-0.2, 0) is 4.79 Å². The number of fused-ring (bicyclic) bond motifs is 1. The molecule has 0 saturated heterocycles. The second-order valence-electron chi connectivity index (χ2n) is 4.67. The van der Waals surface area contributed by atoms with Gasteiger partial charge in [-0.2, -0.15) is 0 Å². The van der Waals surface area contributed by atoms with E-state index in [0.717, 1.165) is 5.56 Å². The number of imidazole rings is 1. The molecule has 2 aromatic heterocycles. The molecule has 1 aromatic carbocycles. The summed E-state index contributed by atoms with van der Waals surface area (Å²) in [5.74, 6) is -0.370. The Morgan fingerprint density at radius 1 is 1.29 bits per heavy atom. The van der Waals surface area contributed by atoms with Crippen LogP contribution in [-0.4, -0.2) is 25.6 Å². The minimum atomic E-state index is -0.935. The average molecular weight is 302 g/mol. The van der Waals surface area contributed by atoms with Crippen LogP contribution in [0.2, 0.25) is 5.02 Å². The smallest absolute Gasteiger partial charge is 0.326 e. The van der Waals surface area contributed by atoms with E-state index in [9.17, 15) is 9.90 Å². The molecule has 0 fully saturated rings. The second kappa shape index (κ2) is 5.18. The molecule has 0 aliphatic rings. The number of hydrogen-bond donors (Lipinski definition) is 1. The summed E-state index contributed by atoms with van der Waals surface area (Å²) in [5, 5.41) is 9.95. The third kappa shape index (κ3) is 2.36. The zero-order valence-electron chi connectivity index (χ0n) is 11.2. The molecule has 3 rings (SSSR count). The zero-order valence-corrected chi connectivity index (χ0v) is 11.9. The van der Waals surface area contributed by atoms with E-state index in [4.69, 9.17) is 11.6 Å². The fourth-order valence-electron chi connectivity index (χ4n) is 2.21. The van der Waals surface area contributed by atoms with Gasteiger partial charge in [-0.15, -0.1) is 0 Å². The molecule has 5 nitrogen and oxygen atoms in total. The Morgan fingerprint density at radius 3 is 2.67 bits per heavy atom. The van der Waals surface area contributed by atoms with Crippen molar-refractivity contribution in [3.8, 4) is 11.4 Å². The normalized spacial score (nSPS) is 12.5. The summed E-state index contributed by atoms with van der Waals surface area (Å²) >= 11 is 5.90. The maximum atomic E-state index is 11.4. The monoisotopic (exact) mass is 301 g/mol. The molecule has 0 amide bonds. The Morgan fingerprint density at radius 2 is 2.00 bits per heavy atom. The van der Waals surface area contributed by atoms with Gasteiger partial charge >= 0.3 is 5.97 Å². The summed E-state index contributed by atoms with van der Waals surface area (Å²) in [6.07, 6.45) is 1.63. The Bertz CT molecular complexity index is 811. The van der Waals surface area contributed by atoms with Crippen molar-refractivity contribution in [2.45, 2.75) is 13.0 Å². The van der Waals surface area contributed by atoms with Gasteiger partial charge in [-0.25, -0.2) is 14.8 Å². The molecule has 21 heavy (non-hydrogen) atoms. The summed E-state index contributed by atoms with van der Waals surface area (Å²) in [7, 11) is 0. The lowest BCUT2D eigenvalue weighted by molar-refractivity contribution is -0.140. The van der Waals surface area contributed by atoms with Gasteiger partial charge < -0.3 is 5.11 Å². The summed E-state index contributed by atoms with van der Waals surface area (Å²) in [6, 6.07) is 9.95. The van der Waals surface area contributed by atoms with Crippen molar-refractivity contribution in [3.05, 3.63) is 47.6 Å². The molecule has 1 N–H and O–H groups in total. The quantitative estimate of drug-likeness (QED) is 0.805. The van der Waals surface area contributed by atoms with Crippen molar-refractivity contribution in [2.75, 3.05) is 0 Å².